The van der Waals surface area contributed by atoms with E-state index in [4.69, 9.17) is 9.47 Å². The summed E-state index contributed by atoms with van der Waals surface area (Å²) in [6.07, 6.45) is 4.31. The van der Waals surface area contributed by atoms with E-state index >= 15 is 0 Å². The van der Waals surface area contributed by atoms with E-state index in [1.54, 1.807) is 37.5 Å². The molecule has 0 N–H and O–H groups in total. The van der Waals surface area contributed by atoms with Crippen LogP contribution in [0, 0.1) is 11.8 Å². The number of ether oxygens (including phenoxy) is 2. The molecule has 0 bridgehead atoms. The second-order valence-electron chi connectivity index (χ2n) is 14.0. The molecule has 234 valence electrons. The number of carbonyl (C=O) groups excluding carboxylic acids is 1. The molecule has 3 unspecified atom stereocenters. The van der Waals surface area contributed by atoms with E-state index in [0.29, 0.717) is 18.1 Å². The van der Waals surface area contributed by atoms with Crippen molar-refractivity contribution in [2.24, 2.45) is 11.8 Å². The number of ketones is 1. The van der Waals surface area contributed by atoms with Crippen LogP contribution in [-0.4, -0.2) is 25.6 Å². The van der Waals surface area contributed by atoms with Gasteiger partial charge in [0.05, 0.1) is 13.7 Å². The Morgan fingerprint density at radius 2 is 1.19 bits per heavy atom. The Balaban J connectivity index is 0.000000362. The summed E-state index contributed by atoms with van der Waals surface area (Å²) in [6, 6.07) is 24.9. The first-order chi connectivity index (χ1) is 20.2. The maximum absolute atomic E-state index is 12.6. The van der Waals surface area contributed by atoms with Crippen LogP contribution in [0.1, 0.15) is 101 Å². The lowest BCUT2D eigenvalue weighted by Crippen LogP contribution is -2.25. The quantitative estimate of drug-likeness (QED) is 0.157. The Morgan fingerprint density at radius 1 is 0.744 bits per heavy atom. The van der Waals surface area contributed by atoms with Crippen LogP contribution in [0.15, 0.2) is 85.5 Å². The molecule has 0 saturated heterocycles. The number of Topliss-reactive ketones (excluding diaryl/α,β-unsaturated/α-hetero) is 1. The number of methoxy groups -OCH3 is 1. The average molecular weight is 585 g/mol. The van der Waals surface area contributed by atoms with Crippen molar-refractivity contribution in [3.8, 4) is 5.75 Å². The van der Waals surface area contributed by atoms with Crippen molar-refractivity contribution >= 4 is 5.78 Å². The molecule has 0 fully saturated rings. The topological polar surface area (TPSA) is 35.5 Å². The van der Waals surface area contributed by atoms with Crippen LogP contribution in [0.5, 0.6) is 5.75 Å². The Bertz CT molecular complexity index is 1240. The van der Waals surface area contributed by atoms with Crippen molar-refractivity contribution in [3.63, 3.8) is 0 Å². The van der Waals surface area contributed by atoms with Gasteiger partial charge in [-0.05, 0) is 82.0 Å². The van der Waals surface area contributed by atoms with Gasteiger partial charge in [0.1, 0.15) is 11.9 Å². The first-order valence-corrected chi connectivity index (χ1v) is 15.8. The molecule has 3 nitrogen and oxygen atoms in total. The lowest BCUT2D eigenvalue weighted by molar-refractivity contribution is 0.0467. The van der Waals surface area contributed by atoms with Gasteiger partial charge < -0.3 is 9.47 Å². The SMILES string of the molecule is C=CC(OCC(C)Cc1ccc(C(C)(C)C)cc1)C(=O)c1ccc(OC)cc1.CCC(C)Cc1ccc(C(C)(C)C)cc1. The highest BCUT2D eigenvalue weighted by molar-refractivity contribution is 6.00. The summed E-state index contributed by atoms with van der Waals surface area (Å²) >= 11 is 0. The molecule has 0 aliphatic rings. The fourth-order valence-corrected chi connectivity index (χ4v) is 4.73. The molecule has 0 radical (unpaired) electrons. The lowest BCUT2D eigenvalue weighted by atomic mass is 9.86. The highest BCUT2D eigenvalue weighted by Crippen LogP contribution is 2.24. The Labute approximate surface area is 262 Å². The molecule has 0 aromatic heterocycles. The molecule has 0 spiro atoms. The van der Waals surface area contributed by atoms with Gasteiger partial charge in [0.15, 0.2) is 5.78 Å². The minimum Gasteiger partial charge on any atom is -0.497 e. The van der Waals surface area contributed by atoms with Gasteiger partial charge in [0.25, 0.3) is 0 Å². The monoisotopic (exact) mass is 584 g/mol. The molecule has 0 heterocycles. The molecular weight excluding hydrogens is 528 g/mol. The number of hydrogen-bond acceptors (Lipinski definition) is 3. The zero-order valence-corrected chi connectivity index (χ0v) is 28.5. The van der Waals surface area contributed by atoms with E-state index in [0.717, 1.165) is 18.1 Å². The maximum atomic E-state index is 12.6. The van der Waals surface area contributed by atoms with E-state index in [-0.39, 0.29) is 16.6 Å². The summed E-state index contributed by atoms with van der Waals surface area (Å²) in [6.45, 7) is 24.4. The Kier molecular flexibility index (Phi) is 13.9. The predicted molar refractivity (Wildman–Crippen MR) is 184 cm³/mol. The van der Waals surface area contributed by atoms with Crippen molar-refractivity contribution in [2.75, 3.05) is 13.7 Å². The number of carbonyl (C=O) groups is 1. The molecule has 0 saturated carbocycles. The van der Waals surface area contributed by atoms with Crippen LogP contribution in [0.3, 0.4) is 0 Å². The molecule has 0 amide bonds. The molecule has 3 aromatic carbocycles. The highest BCUT2D eigenvalue weighted by Gasteiger charge is 2.19. The maximum Gasteiger partial charge on any atom is 0.195 e. The van der Waals surface area contributed by atoms with Crippen molar-refractivity contribution in [1.29, 1.82) is 0 Å². The Morgan fingerprint density at radius 3 is 1.56 bits per heavy atom. The van der Waals surface area contributed by atoms with Crippen LogP contribution < -0.4 is 4.74 Å². The minimum atomic E-state index is -0.640. The third kappa shape index (κ3) is 12.2. The summed E-state index contributed by atoms with van der Waals surface area (Å²) < 4.78 is 11.0. The minimum absolute atomic E-state index is 0.0839. The van der Waals surface area contributed by atoms with Crippen molar-refractivity contribution in [2.45, 2.75) is 98.5 Å². The lowest BCUT2D eigenvalue weighted by Gasteiger charge is -2.20. The zero-order valence-electron chi connectivity index (χ0n) is 28.5. The molecule has 3 rings (SSSR count). The van der Waals surface area contributed by atoms with Crippen molar-refractivity contribution in [1.82, 2.24) is 0 Å². The second kappa shape index (κ2) is 16.6. The Hall–Kier alpha value is -3.17. The van der Waals surface area contributed by atoms with E-state index in [2.05, 4.69) is 117 Å². The van der Waals surface area contributed by atoms with Crippen molar-refractivity contribution < 1.29 is 14.3 Å². The van der Waals surface area contributed by atoms with Crippen LogP contribution in [0.2, 0.25) is 0 Å². The van der Waals surface area contributed by atoms with Crippen LogP contribution in [0.4, 0.5) is 0 Å². The van der Waals surface area contributed by atoms with E-state index < -0.39 is 6.10 Å². The number of rotatable bonds is 12. The highest BCUT2D eigenvalue weighted by atomic mass is 16.5. The number of hydrogen-bond donors (Lipinski definition) is 0. The molecule has 3 heteroatoms. The van der Waals surface area contributed by atoms with Gasteiger partial charge in [-0.3, -0.25) is 4.79 Å². The van der Waals surface area contributed by atoms with Crippen LogP contribution in [-0.2, 0) is 28.4 Å². The van der Waals surface area contributed by atoms with Crippen LogP contribution in [0.25, 0.3) is 0 Å². The van der Waals surface area contributed by atoms with E-state index in [9.17, 15) is 4.79 Å². The normalized spacial score (nSPS) is 13.7. The fraction of sp³-hybridized carbons (Fsp3) is 0.475. The molecule has 3 aromatic rings. The zero-order chi connectivity index (χ0) is 32.2. The van der Waals surface area contributed by atoms with Gasteiger partial charge in [-0.1, -0.05) is 123 Å². The second-order valence-corrected chi connectivity index (χ2v) is 14.0. The molecule has 43 heavy (non-hydrogen) atoms. The van der Waals surface area contributed by atoms with Gasteiger partial charge >= 0.3 is 0 Å². The predicted octanol–water partition coefficient (Wildman–Crippen LogP) is 10.2. The number of benzene rings is 3. The fourth-order valence-electron chi connectivity index (χ4n) is 4.73. The molecule has 0 aliphatic heterocycles. The van der Waals surface area contributed by atoms with Gasteiger partial charge in [0.2, 0.25) is 0 Å². The third-order valence-electron chi connectivity index (χ3n) is 7.91. The van der Waals surface area contributed by atoms with Gasteiger partial charge in [-0.25, -0.2) is 0 Å². The smallest absolute Gasteiger partial charge is 0.195 e. The van der Waals surface area contributed by atoms with E-state index in [1.165, 1.54) is 35.1 Å². The molecular formula is C40H56O3. The largest absolute Gasteiger partial charge is 0.497 e. The van der Waals surface area contributed by atoms with Crippen LogP contribution >= 0.6 is 0 Å². The van der Waals surface area contributed by atoms with E-state index in [1.807, 2.05) is 0 Å². The first kappa shape index (κ1) is 36.0. The molecule has 3 atom stereocenters. The summed E-state index contributed by atoms with van der Waals surface area (Å²) in [5.41, 5.74) is 6.53. The molecule has 0 aliphatic carbocycles. The standard InChI is InChI=1S/C25H32O3.C15H24/c1-7-23(24(26)20-10-14-22(27-6)15-11-20)28-17-18(2)16-19-8-12-21(13-9-19)25(3,4)5;1-6-12(2)11-13-7-9-14(10-8-13)15(3,4)5/h7-15,18,23H,1,16-17H2,2-6H3;7-10,12H,6,11H2,1-5H3. The van der Waals surface area contributed by atoms with Gasteiger partial charge in [-0.15, -0.1) is 6.58 Å². The first-order valence-electron chi connectivity index (χ1n) is 15.8. The third-order valence-corrected chi connectivity index (χ3v) is 7.91. The van der Waals surface area contributed by atoms with Crippen molar-refractivity contribution in [3.05, 3.63) is 113 Å². The van der Waals surface area contributed by atoms with Gasteiger partial charge in [0, 0.05) is 5.56 Å². The average Bonchev–Trinajstić information content (AvgIpc) is 2.97. The summed E-state index contributed by atoms with van der Waals surface area (Å²) in [5.74, 6) is 1.73. The van der Waals surface area contributed by atoms with Gasteiger partial charge in [-0.2, -0.15) is 0 Å². The summed E-state index contributed by atoms with van der Waals surface area (Å²) in [4.78, 5) is 12.6. The summed E-state index contributed by atoms with van der Waals surface area (Å²) in [5, 5.41) is 0. The summed E-state index contributed by atoms with van der Waals surface area (Å²) in [7, 11) is 1.60.